The Labute approximate surface area is 407 Å². The average molecular weight is 1020 g/mol. The number of aryl methyl sites for hydroxylation is 2. The summed E-state index contributed by atoms with van der Waals surface area (Å²) in [6, 6.07) is 44.6. The first-order valence-corrected chi connectivity index (χ1v) is 26.0. The molecule has 12 nitrogen and oxygen atoms in total. The number of sulfone groups is 2. The fraction of sp³-hybridized carbons (Fsp3) is 0.192. The van der Waals surface area contributed by atoms with Gasteiger partial charge < -0.3 is 20.3 Å². The molecule has 0 spiro atoms. The van der Waals surface area contributed by atoms with Crippen molar-refractivity contribution in [1.29, 1.82) is 0 Å². The van der Waals surface area contributed by atoms with Gasteiger partial charge in [0.15, 0.2) is 19.7 Å². The SMILES string of the molecule is CS(=O)(=O)c1cccc(B(O)O)c1.Cc1ccccc1-c1nc(C(C)(C)O)cn1-c1ccc(-c2cccc(S(C)(=O)=O)c2)cc1.Cc1ccccc1-c1nc(C(C)(C)O)cn1-c1ccc(Br)cc1. The third-order valence-electron chi connectivity index (χ3n) is 10.9. The Morgan fingerprint density at radius 2 is 0.941 bits per heavy atom. The summed E-state index contributed by atoms with van der Waals surface area (Å²) in [6.45, 7) is 11.1. The largest absolute Gasteiger partial charge is 0.488 e. The van der Waals surface area contributed by atoms with Gasteiger partial charge in [-0.3, -0.25) is 9.13 Å². The van der Waals surface area contributed by atoms with E-state index in [-0.39, 0.29) is 10.4 Å². The summed E-state index contributed by atoms with van der Waals surface area (Å²) >= 11 is 3.47. The van der Waals surface area contributed by atoms with Crippen molar-refractivity contribution in [3.63, 3.8) is 0 Å². The lowest BCUT2D eigenvalue weighted by atomic mass is 9.80. The molecule has 6 aromatic carbocycles. The highest BCUT2D eigenvalue weighted by Gasteiger charge is 2.25. The quantitative estimate of drug-likeness (QED) is 0.0966. The van der Waals surface area contributed by atoms with E-state index in [0.29, 0.717) is 16.3 Å². The lowest BCUT2D eigenvalue weighted by Gasteiger charge is -2.13. The van der Waals surface area contributed by atoms with Gasteiger partial charge >= 0.3 is 7.12 Å². The van der Waals surface area contributed by atoms with Crippen LogP contribution in [0.25, 0.3) is 45.3 Å². The zero-order chi connectivity index (χ0) is 49.8. The number of aliphatic hydroxyl groups is 2. The Morgan fingerprint density at radius 3 is 1.35 bits per heavy atom. The Hall–Kier alpha value is -5.98. The summed E-state index contributed by atoms with van der Waals surface area (Å²) in [5.41, 5.74) is 7.30. The fourth-order valence-corrected chi connectivity index (χ4v) is 8.61. The second kappa shape index (κ2) is 20.7. The molecule has 0 saturated heterocycles. The van der Waals surface area contributed by atoms with Gasteiger partial charge in [-0.05, 0) is 130 Å². The van der Waals surface area contributed by atoms with Crippen LogP contribution in [0.5, 0.6) is 0 Å². The normalized spacial score (nSPS) is 11.8. The van der Waals surface area contributed by atoms with Crippen LogP contribution < -0.4 is 5.46 Å². The lowest BCUT2D eigenvalue weighted by molar-refractivity contribution is 0.0738. The third kappa shape index (κ3) is 12.8. The molecular weight excluding hydrogens is 963 g/mol. The van der Waals surface area contributed by atoms with Crippen molar-refractivity contribution in [3.8, 4) is 45.3 Å². The van der Waals surface area contributed by atoms with E-state index >= 15 is 0 Å². The van der Waals surface area contributed by atoms with Gasteiger partial charge in [0.2, 0.25) is 0 Å². The predicted octanol–water partition coefficient (Wildman–Crippen LogP) is 8.75. The zero-order valence-corrected chi connectivity index (χ0v) is 42.2. The van der Waals surface area contributed by atoms with Crippen molar-refractivity contribution in [2.24, 2.45) is 0 Å². The van der Waals surface area contributed by atoms with E-state index in [2.05, 4.69) is 35.0 Å². The first kappa shape index (κ1) is 51.4. The summed E-state index contributed by atoms with van der Waals surface area (Å²) in [5, 5.41) is 38.4. The van der Waals surface area contributed by atoms with Crippen LogP contribution in [-0.4, -0.2) is 75.8 Å². The maximum Gasteiger partial charge on any atom is 0.488 e. The zero-order valence-electron chi connectivity index (χ0n) is 39.0. The summed E-state index contributed by atoms with van der Waals surface area (Å²) in [6.07, 6.45) is 6.05. The van der Waals surface area contributed by atoms with Crippen molar-refractivity contribution < 1.29 is 37.1 Å². The number of hydrogen-bond acceptors (Lipinski definition) is 10. The minimum absolute atomic E-state index is 0.0816. The highest BCUT2D eigenvalue weighted by Crippen LogP contribution is 2.32. The van der Waals surface area contributed by atoms with Gasteiger partial charge in [0.25, 0.3) is 0 Å². The lowest BCUT2D eigenvalue weighted by Crippen LogP contribution is -2.30. The van der Waals surface area contributed by atoms with Crippen LogP contribution in [0.3, 0.4) is 0 Å². The van der Waals surface area contributed by atoms with E-state index in [0.717, 1.165) is 67.1 Å². The van der Waals surface area contributed by atoms with Crippen LogP contribution >= 0.6 is 15.9 Å². The van der Waals surface area contributed by atoms with Gasteiger partial charge in [-0.25, -0.2) is 26.8 Å². The minimum atomic E-state index is -3.28. The monoisotopic (exact) mass is 1020 g/mol. The number of rotatable bonds is 10. The second-order valence-corrected chi connectivity index (χ2v) is 22.4. The van der Waals surface area contributed by atoms with Crippen LogP contribution in [0.2, 0.25) is 0 Å². The van der Waals surface area contributed by atoms with Crippen LogP contribution in [0.15, 0.2) is 172 Å². The second-order valence-electron chi connectivity index (χ2n) is 17.4. The Bertz CT molecular complexity index is 3270. The highest BCUT2D eigenvalue weighted by atomic mass is 79.9. The summed E-state index contributed by atoms with van der Waals surface area (Å²) < 4.78 is 50.9. The molecule has 352 valence electrons. The van der Waals surface area contributed by atoms with E-state index in [1.807, 2.05) is 119 Å². The van der Waals surface area contributed by atoms with E-state index in [1.54, 1.807) is 45.9 Å². The highest BCUT2D eigenvalue weighted by molar-refractivity contribution is 9.10. The molecule has 8 rings (SSSR count). The molecule has 0 aliphatic carbocycles. The van der Waals surface area contributed by atoms with Crippen molar-refractivity contribution >= 4 is 48.2 Å². The first-order valence-electron chi connectivity index (χ1n) is 21.4. The summed E-state index contributed by atoms with van der Waals surface area (Å²) in [4.78, 5) is 9.85. The van der Waals surface area contributed by atoms with E-state index in [9.17, 15) is 27.0 Å². The van der Waals surface area contributed by atoms with Gasteiger partial charge in [0.05, 0.1) is 21.2 Å². The van der Waals surface area contributed by atoms with Crippen molar-refractivity contribution in [1.82, 2.24) is 19.1 Å². The maximum absolute atomic E-state index is 11.9. The number of benzene rings is 6. The molecule has 2 heterocycles. The molecule has 8 aromatic rings. The van der Waals surface area contributed by atoms with Gasteiger partial charge in [-0.15, -0.1) is 0 Å². The molecule has 16 heteroatoms. The molecule has 0 unspecified atom stereocenters. The smallest absolute Gasteiger partial charge is 0.423 e. The van der Waals surface area contributed by atoms with Crippen LogP contribution in [-0.2, 0) is 30.9 Å². The molecule has 0 bridgehead atoms. The molecule has 0 saturated carbocycles. The molecule has 0 fully saturated rings. The Balaban J connectivity index is 0.000000184. The Morgan fingerprint density at radius 1 is 0.529 bits per heavy atom. The first-order chi connectivity index (χ1) is 31.8. The molecule has 0 aliphatic heterocycles. The fourth-order valence-electron chi connectivity index (χ4n) is 7.00. The van der Waals surface area contributed by atoms with Crippen molar-refractivity contribution in [2.45, 2.75) is 62.5 Å². The minimum Gasteiger partial charge on any atom is -0.423 e. The number of halogens is 1. The number of aromatic nitrogens is 4. The number of imidazole rings is 2. The maximum atomic E-state index is 11.9. The Kier molecular flexibility index (Phi) is 15.7. The topological polar surface area (TPSA) is 185 Å². The molecule has 0 aliphatic rings. The molecule has 0 radical (unpaired) electrons. The van der Waals surface area contributed by atoms with Crippen molar-refractivity contribution in [3.05, 3.63) is 185 Å². The molecule has 0 amide bonds. The van der Waals surface area contributed by atoms with Crippen LogP contribution in [0.4, 0.5) is 0 Å². The summed E-state index contributed by atoms with van der Waals surface area (Å²) in [7, 11) is -8.19. The van der Waals surface area contributed by atoms with E-state index in [1.165, 1.54) is 30.5 Å². The van der Waals surface area contributed by atoms with Crippen LogP contribution in [0, 0.1) is 13.8 Å². The van der Waals surface area contributed by atoms with Gasteiger partial charge in [-0.2, -0.15) is 0 Å². The molecule has 2 aromatic heterocycles. The number of hydrogen-bond donors (Lipinski definition) is 4. The predicted molar refractivity (Wildman–Crippen MR) is 274 cm³/mol. The van der Waals surface area contributed by atoms with Gasteiger partial charge in [0, 0.05) is 51.9 Å². The molecular formula is C52H54BBrN4O8S2. The van der Waals surface area contributed by atoms with E-state index < -0.39 is 38.0 Å². The van der Waals surface area contributed by atoms with Crippen LogP contribution in [0.1, 0.15) is 50.2 Å². The standard InChI is InChI=1S/C26H26N2O3S.C19H19BrN2O.C7H9BO4S/c1-18-8-5-6-11-23(18)25-27-24(26(2,3)29)17-28(25)21-14-12-19(13-15-21)20-9-7-10-22(16-20)32(4,30)31;1-13-6-4-5-7-16(13)18-21-17(19(2,3)23)12-22(18)15-10-8-14(20)9-11-15;1-13(11,12)7-4-2-3-6(5-7)8(9)10/h5-17,29H,1-4H3;4-12,23H,1-3H3;2-5,9-10H,1H3. The van der Waals surface area contributed by atoms with Gasteiger partial charge in [0.1, 0.15) is 22.9 Å². The average Bonchev–Trinajstić information content (AvgIpc) is 3.94. The summed E-state index contributed by atoms with van der Waals surface area (Å²) in [5.74, 6) is 1.59. The van der Waals surface area contributed by atoms with E-state index in [4.69, 9.17) is 20.0 Å². The van der Waals surface area contributed by atoms with Crippen molar-refractivity contribution in [2.75, 3.05) is 12.5 Å². The molecule has 0 atom stereocenters. The third-order valence-corrected chi connectivity index (χ3v) is 13.6. The molecule has 4 N–H and O–H groups in total. The molecule has 68 heavy (non-hydrogen) atoms. The number of nitrogens with zero attached hydrogens (tertiary/aromatic N) is 4. The van der Waals surface area contributed by atoms with Gasteiger partial charge in [-0.1, -0.05) is 101 Å².